The van der Waals surface area contributed by atoms with Gasteiger partial charge in [0.2, 0.25) is 5.88 Å². The maximum Gasteiger partial charge on any atom is 0.422 e. The van der Waals surface area contributed by atoms with Crippen LogP contribution < -0.4 is 15.4 Å². The summed E-state index contributed by atoms with van der Waals surface area (Å²) in [6.07, 6.45) is 0.944. The molecular formula is C17H17F3N6O. The molecule has 27 heavy (non-hydrogen) atoms. The number of fused-ring (bicyclic) bond motifs is 1. The first-order valence-corrected chi connectivity index (χ1v) is 8.45. The molecule has 0 bridgehead atoms. The summed E-state index contributed by atoms with van der Waals surface area (Å²) < 4.78 is 43.4. The fourth-order valence-corrected chi connectivity index (χ4v) is 2.94. The van der Waals surface area contributed by atoms with Gasteiger partial charge < -0.3 is 15.4 Å². The van der Waals surface area contributed by atoms with Gasteiger partial charge in [-0.3, -0.25) is 4.40 Å². The number of nitrogens with zero attached hydrogens (tertiary/aromatic N) is 4. The molecule has 4 rings (SSSR count). The maximum absolute atomic E-state index is 12.4. The molecule has 1 fully saturated rings. The van der Waals surface area contributed by atoms with Crippen molar-refractivity contribution in [1.82, 2.24) is 24.7 Å². The molecule has 0 aromatic carbocycles. The van der Waals surface area contributed by atoms with E-state index in [0.717, 1.165) is 25.3 Å². The highest BCUT2D eigenvalue weighted by molar-refractivity contribution is 5.61. The van der Waals surface area contributed by atoms with Crippen LogP contribution in [0, 0.1) is 0 Å². The molecule has 4 heterocycles. The number of hydrogen-bond acceptors (Lipinski definition) is 6. The van der Waals surface area contributed by atoms with Gasteiger partial charge in [0.25, 0.3) is 0 Å². The molecule has 1 atom stereocenters. The molecule has 1 aliphatic rings. The third-order valence-corrected chi connectivity index (χ3v) is 4.18. The van der Waals surface area contributed by atoms with Crippen molar-refractivity contribution in [3.63, 3.8) is 0 Å². The van der Waals surface area contributed by atoms with Gasteiger partial charge in [0.1, 0.15) is 5.82 Å². The Morgan fingerprint density at radius 1 is 1.26 bits per heavy atom. The van der Waals surface area contributed by atoms with Crippen LogP contribution in [0.3, 0.4) is 0 Å². The van der Waals surface area contributed by atoms with Gasteiger partial charge in [-0.05, 0) is 25.1 Å². The van der Waals surface area contributed by atoms with Gasteiger partial charge >= 0.3 is 6.18 Å². The SMILES string of the molecule is FC(F)(F)COc1cn2c(-c3cccc(NC4CCNC4)n3)cnc2cn1. The lowest BCUT2D eigenvalue weighted by atomic mass is 10.2. The standard InChI is InChI=1S/C17H17F3N6O/c18-17(19,20)10-27-16-9-26-13(7-22-15(26)8-23-16)12-2-1-3-14(25-12)24-11-4-5-21-6-11/h1-3,7-9,11,21H,4-6,10H2,(H,24,25). The van der Waals surface area contributed by atoms with Crippen LogP contribution in [0.15, 0.2) is 36.8 Å². The highest BCUT2D eigenvalue weighted by Gasteiger charge is 2.28. The van der Waals surface area contributed by atoms with E-state index in [1.165, 1.54) is 12.4 Å². The third kappa shape index (κ3) is 4.11. The van der Waals surface area contributed by atoms with Gasteiger partial charge in [-0.1, -0.05) is 6.07 Å². The van der Waals surface area contributed by atoms with E-state index in [1.54, 1.807) is 10.6 Å². The molecule has 0 amide bonds. The summed E-state index contributed by atoms with van der Waals surface area (Å²) in [4.78, 5) is 12.7. The number of pyridine rings is 1. The zero-order valence-corrected chi connectivity index (χ0v) is 14.2. The molecule has 7 nitrogen and oxygen atoms in total. The van der Waals surface area contributed by atoms with E-state index in [4.69, 9.17) is 4.74 Å². The second kappa shape index (κ2) is 7.03. The monoisotopic (exact) mass is 378 g/mol. The van der Waals surface area contributed by atoms with E-state index in [2.05, 4.69) is 25.6 Å². The van der Waals surface area contributed by atoms with E-state index < -0.39 is 12.8 Å². The predicted molar refractivity (Wildman–Crippen MR) is 92.7 cm³/mol. The Morgan fingerprint density at radius 2 is 2.15 bits per heavy atom. The zero-order chi connectivity index (χ0) is 18.9. The number of anilines is 1. The minimum Gasteiger partial charge on any atom is -0.467 e. The Hall–Kier alpha value is -2.88. The molecular weight excluding hydrogens is 361 g/mol. The third-order valence-electron chi connectivity index (χ3n) is 4.18. The first kappa shape index (κ1) is 17.5. The van der Waals surface area contributed by atoms with Crippen LogP contribution in [-0.4, -0.2) is 51.3 Å². The number of ether oxygens (including phenoxy) is 1. The molecule has 10 heteroatoms. The van der Waals surface area contributed by atoms with Crippen LogP contribution in [0.2, 0.25) is 0 Å². The molecule has 0 saturated carbocycles. The van der Waals surface area contributed by atoms with Gasteiger partial charge in [0.05, 0.1) is 30.0 Å². The van der Waals surface area contributed by atoms with E-state index in [1.807, 2.05) is 18.2 Å². The lowest BCUT2D eigenvalue weighted by Gasteiger charge is -2.13. The lowest BCUT2D eigenvalue weighted by Crippen LogP contribution is -2.22. The largest absolute Gasteiger partial charge is 0.467 e. The normalized spacial score (nSPS) is 17.4. The van der Waals surface area contributed by atoms with Gasteiger partial charge in [0.15, 0.2) is 12.3 Å². The molecule has 3 aromatic rings. The van der Waals surface area contributed by atoms with Crippen molar-refractivity contribution in [2.24, 2.45) is 0 Å². The van der Waals surface area contributed by atoms with Crippen molar-refractivity contribution in [2.75, 3.05) is 25.0 Å². The smallest absolute Gasteiger partial charge is 0.422 e. The van der Waals surface area contributed by atoms with Crippen molar-refractivity contribution in [3.8, 4) is 17.3 Å². The van der Waals surface area contributed by atoms with Crippen LogP contribution >= 0.6 is 0 Å². The average molecular weight is 378 g/mol. The minimum absolute atomic E-state index is 0.134. The Bertz CT molecular complexity index is 936. The van der Waals surface area contributed by atoms with Crippen molar-refractivity contribution in [3.05, 3.63) is 36.8 Å². The Kier molecular flexibility index (Phi) is 4.56. The molecule has 0 radical (unpaired) electrons. The second-order valence-electron chi connectivity index (χ2n) is 6.24. The fourth-order valence-electron chi connectivity index (χ4n) is 2.94. The van der Waals surface area contributed by atoms with E-state index in [0.29, 0.717) is 23.1 Å². The number of alkyl halides is 3. The van der Waals surface area contributed by atoms with Gasteiger partial charge in [-0.2, -0.15) is 13.2 Å². The Labute approximate surface area is 152 Å². The van der Waals surface area contributed by atoms with Gasteiger partial charge in [-0.15, -0.1) is 0 Å². The number of rotatable bonds is 5. The van der Waals surface area contributed by atoms with Crippen LogP contribution in [0.1, 0.15) is 6.42 Å². The van der Waals surface area contributed by atoms with Crippen LogP contribution in [0.4, 0.5) is 19.0 Å². The minimum atomic E-state index is -4.43. The second-order valence-corrected chi connectivity index (χ2v) is 6.24. The molecule has 1 aliphatic heterocycles. The topological polar surface area (TPSA) is 76.4 Å². The molecule has 142 valence electrons. The van der Waals surface area contributed by atoms with E-state index in [9.17, 15) is 13.2 Å². The average Bonchev–Trinajstić information content (AvgIpc) is 3.29. The van der Waals surface area contributed by atoms with Crippen LogP contribution in [0.5, 0.6) is 5.88 Å². The predicted octanol–water partition coefficient (Wildman–Crippen LogP) is 2.51. The maximum atomic E-state index is 12.4. The summed E-state index contributed by atoms with van der Waals surface area (Å²) in [5, 5.41) is 6.66. The van der Waals surface area contributed by atoms with Crippen molar-refractivity contribution in [1.29, 1.82) is 0 Å². The molecule has 1 unspecified atom stereocenters. The number of aromatic nitrogens is 4. The lowest BCUT2D eigenvalue weighted by molar-refractivity contribution is -0.154. The fraction of sp³-hybridized carbons (Fsp3) is 0.353. The molecule has 2 N–H and O–H groups in total. The summed E-state index contributed by atoms with van der Waals surface area (Å²) in [6, 6.07) is 5.89. The Balaban J connectivity index is 1.61. The summed E-state index contributed by atoms with van der Waals surface area (Å²) in [5.74, 6) is 0.601. The Morgan fingerprint density at radius 3 is 2.93 bits per heavy atom. The first-order chi connectivity index (χ1) is 13.0. The molecule has 0 spiro atoms. The van der Waals surface area contributed by atoms with Gasteiger partial charge in [-0.25, -0.2) is 15.0 Å². The number of halogens is 3. The molecule has 0 aliphatic carbocycles. The zero-order valence-electron chi connectivity index (χ0n) is 14.2. The van der Waals surface area contributed by atoms with Crippen LogP contribution in [-0.2, 0) is 0 Å². The summed E-state index contributed by atoms with van der Waals surface area (Å²) >= 11 is 0. The quantitative estimate of drug-likeness (QED) is 0.711. The molecule has 3 aromatic heterocycles. The number of imidazole rings is 1. The van der Waals surface area contributed by atoms with Crippen molar-refractivity contribution < 1.29 is 17.9 Å². The number of hydrogen-bond donors (Lipinski definition) is 2. The summed E-state index contributed by atoms with van der Waals surface area (Å²) in [5.41, 5.74) is 1.77. The first-order valence-electron chi connectivity index (χ1n) is 8.45. The highest BCUT2D eigenvalue weighted by atomic mass is 19.4. The van der Waals surface area contributed by atoms with E-state index >= 15 is 0 Å². The van der Waals surface area contributed by atoms with Crippen molar-refractivity contribution in [2.45, 2.75) is 18.6 Å². The molecule has 1 saturated heterocycles. The summed E-state index contributed by atoms with van der Waals surface area (Å²) in [6.45, 7) is 0.452. The number of nitrogens with one attached hydrogen (secondary N) is 2. The van der Waals surface area contributed by atoms with E-state index in [-0.39, 0.29) is 5.88 Å². The van der Waals surface area contributed by atoms with Crippen LogP contribution in [0.25, 0.3) is 17.0 Å². The highest BCUT2D eigenvalue weighted by Crippen LogP contribution is 2.23. The van der Waals surface area contributed by atoms with Gasteiger partial charge in [0, 0.05) is 12.6 Å². The van der Waals surface area contributed by atoms with Crippen molar-refractivity contribution >= 4 is 11.5 Å². The summed E-state index contributed by atoms with van der Waals surface area (Å²) in [7, 11) is 0.